The molecule has 3 aliphatic heterocycles. The maximum absolute atomic E-state index is 9.88. The standard InChI is InChI=1S/C21H29ClN2O.CH2O2/c22-21-16(3-1-6-20(21)25)12-23-10-14-9-17(13-23)19-5-2-4-18(15-7-8-15)24(19)11-14;2-1-3/h1,3,6,14-15,17-19,25H,2,4-5,7-13H2;1H,(H,2,3)/t14-,17+,18+,19-;/m0./s1. The number of rotatable bonds is 3. The molecule has 28 heavy (non-hydrogen) atoms. The Morgan fingerprint density at radius 3 is 2.50 bits per heavy atom. The van der Waals surface area contributed by atoms with E-state index in [4.69, 9.17) is 21.5 Å². The summed E-state index contributed by atoms with van der Waals surface area (Å²) in [6, 6.07) is 7.36. The van der Waals surface area contributed by atoms with Crippen molar-refractivity contribution >= 4 is 18.1 Å². The molecule has 1 aromatic rings. The molecule has 1 aromatic carbocycles. The summed E-state index contributed by atoms with van der Waals surface area (Å²) in [6.07, 6.45) is 8.66. The number of hydrogen-bond acceptors (Lipinski definition) is 4. The number of aromatic hydroxyl groups is 1. The molecule has 2 bridgehead atoms. The van der Waals surface area contributed by atoms with E-state index in [9.17, 15) is 5.11 Å². The van der Waals surface area contributed by atoms with E-state index < -0.39 is 0 Å². The summed E-state index contributed by atoms with van der Waals surface area (Å²) < 4.78 is 0. The van der Waals surface area contributed by atoms with Crippen molar-refractivity contribution in [1.29, 1.82) is 0 Å². The molecule has 0 aromatic heterocycles. The van der Waals surface area contributed by atoms with Gasteiger partial charge in [-0.15, -0.1) is 0 Å². The second-order valence-corrected chi connectivity index (χ2v) is 9.39. The van der Waals surface area contributed by atoms with Gasteiger partial charge in [-0.1, -0.05) is 30.2 Å². The zero-order chi connectivity index (χ0) is 19.7. The number of nitrogens with zero attached hydrogens (tertiary/aromatic N) is 2. The summed E-state index contributed by atoms with van der Waals surface area (Å²) in [5.41, 5.74) is 1.07. The molecule has 0 amide bonds. The summed E-state index contributed by atoms with van der Waals surface area (Å²) in [5, 5.41) is 17.3. The molecule has 4 aliphatic rings. The van der Waals surface area contributed by atoms with Crippen LogP contribution in [0.5, 0.6) is 5.75 Å². The van der Waals surface area contributed by atoms with Gasteiger partial charge in [0.25, 0.3) is 6.47 Å². The molecule has 0 unspecified atom stereocenters. The van der Waals surface area contributed by atoms with Crippen LogP contribution < -0.4 is 0 Å². The van der Waals surface area contributed by atoms with Crippen LogP contribution in [0.15, 0.2) is 18.2 Å². The average Bonchev–Trinajstić information content (AvgIpc) is 3.51. The lowest BCUT2D eigenvalue weighted by atomic mass is 9.74. The topological polar surface area (TPSA) is 64.0 Å². The zero-order valence-corrected chi connectivity index (χ0v) is 17.1. The number of hydrogen-bond donors (Lipinski definition) is 2. The quantitative estimate of drug-likeness (QED) is 0.747. The zero-order valence-electron chi connectivity index (χ0n) is 16.3. The third-order valence-corrected chi connectivity index (χ3v) is 7.56. The normalized spacial score (nSPS) is 32.8. The Morgan fingerprint density at radius 2 is 1.79 bits per heavy atom. The van der Waals surface area contributed by atoms with E-state index in [1.807, 2.05) is 6.07 Å². The Kier molecular flexibility index (Phi) is 6.14. The minimum absolute atomic E-state index is 0.210. The average molecular weight is 407 g/mol. The molecule has 1 aliphatic carbocycles. The number of fused-ring (bicyclic) bond motifs is 4. The lowest BCUT2D eigenvalue weighted by molar-refractivity contribution is -0.122. The predicted octanol–water partition coefficient (Wildman–Crippen LogP) is 3.83. The lowest BCUT2D eigenvalue weighted by Gasteiger charge is -2.55. The molecule has 3 saturated heterocycles. The highest BCUT2D eigenvalue weighted by atomic mass is 35.5. The van der Waals surface area contributed by atoms with E-state index >= 15 is 0 Å². The van der Waals surface area contributed by atoms with Crippen LogP contribution in [0, 0.1) is 17.8 Å². The van der Waals surface area contributed by atoms with Crippen LogP contribution in [0.4, 0.5) is 0 Å². The summed E-state index contributed by atoms with van der Waals surface area (Å²) in [5.74, 6) is 2.86. The minimum atomic E-state index is -0.250. The molecule has 6 heteroatoms. The second kappa shape index (κ2) is 8.60. The molecule has 4 fully saturated rings. The Labute approximate surface area is 172 Å². The first kappa shape index (κ1) is 20.0. The predicted molar refractivity (Wildman–Crippen MR) is 110 cm³/mol. The van der Waals surface area contributed by atoms with Gasteiger partial charge in [0.15, 0.2) is 0 Å². The summed E-state index contributed by atoms with van der Waals surface area (Å²) in [6.45, 7) is 4.32. The van der Waals surface area contributed by atoms with E-state index in [-0.39, 0.29) is 12.2 Å². The van der Waals surface area contributed by atoms with Gasteiger partial charge in [-0.05, 0) is 61.5 Å². The monoisotopic (exact) mass is 406 g/mol. The van der Waals surface area contributed by atoms with Crippen LogP contribution >= 0.6 is 11.6 Å². The van der Waals surface area contributed by atoms with E-state index in [1.165, 1.54) is 58.2 Å². The first-order valence-electron chi connectivity index (χ1n) is 10.6. The smallest absolute Gasteiger partial charge is 0.290 e. The maximum atomic E-state index is 9.88. The highest BCUT2D eigenvalue weighted by Crippen LogP contribution is 2.46. The maximum Gasteiger partial charge on any atom is 0.290 e. The number of carboxylic acid groups (broad SMARTS) is 1. The van der Waals surface area contributed by atoms with E-state index in [2.05, 4.69) is 15.9 Å². The van der Waals surface area contributed by atoms with Crippen LogP contribution in [-0.4, -0.2) is 58.2 Å². The number of benzene rings is 1. The summed E-state index contributed by atoms with van der Waals surface area (Å²) >= 11 is 6.32. The third kappa shape index (κ3) is 4.17. The van der Waals surface area contributed by atoms with Gasteiger partial charge in [0.1, 0.15) is 5.75 Å². The van der Waals surface area contributed by atoms with Crippen LogP contribution in [-0.2, 0) is 11.3 Å². The first-order chi connectivity index (χ1) is 13.6. The largest absolute Gasteiger partial charge is 0.506 e. The van der Waals surface area contributed by atoms with Gasteiger partial charge in [-0.2, -0.15) is 0 Å². The highest BCUT2D eigenvalue weighted by Gasteiger charge is 2.47. The number of phenols is 1. The molecular formula is C22H31ClN2O3. The van der Waals surface area contributed by atoms with Crippen molar-refractivity contribution in [3.05, 3.63) is 28.8 Å². The highest BCUT2D eigenvalue weighted by molar-refractivity contribution is 6.32. The van der Waals surface area contributed by atoms with E-state index in [1.54, 1.807) is 6.07 Å². The van der Waals surface area contributed by atoms with Gasteiger partial charge in [0.05, 0.1) is 5.02 Å². The van der Waals surface area contributed by atoms with Crippen molar-refractivity contribution in [2.75, 3.05) is 19.6 Å². The number of halogens is 1. The molecule has 2 N–H and O–H groups in total. The first-order valence-corrected chi connectivity index (χ1v) is 11.0. The Bertz CT molecular complexity index is 696. The molecule has 5 nitrogen and oxygen atoms in total. The summed E-state index contributed by atoms with van der Waals surface area (Å²) in [7, 11) is 0. The molecule has 154 valence electrons. The molecule has 3 heterocycles. The summed E-state index contributed by atoms with van der Waals surface area (Å²) in [4.78, 5) is 13.9. The minimum Gasteiger partial charge on any atom is -0.506 e. The van der Waals surface area contributed by atoms with E-state index in [0.29, 0.717) is 5.02 Å². The van der Waals surface area contributed by atoms with Crippen molar-refractivity contribution < 1.29 is 15.0 Å². The van der Waals surface area contributed by atoms with Gasteiger partial charge in [-0.25, -0.2) is 0 Å². The van der Waals surface area contributed by atoms with Crippen LogP contribution in [0.3, 0.4) is 0 Å². The fraction of sp³-hybridized carbons (Fsp3) is 0.682. The SMILES string of the molecule is O=CO.Oc1cccc(CN2C[C@@H]3C[C@H](C2)[C@@H]2CCC[C@H](C4CC4)N2C3)c1Cl. The number of likely N-dealkylation sites (tertiary alicyclic amines) is 1. The molecule has 5 rings (SSSR count). The van der Waals surface area contributed by atoms with Crippen molar-refractivity contribution in [1.82, 2.24) is 9.80 Å². The molecular weight excluding hydrogens is 376 g/mol. The van der Waals surface area contributed by atoms with Crippen LogP contribution in [0.25, 0.3) is 0 Å². The van der Waals surface area contributed by atoms with Gasteiger partial charge >= 0.3 is 0 Å². The third-order valence-electron chi connectivity index (χ3n) is 7.13. The number of carbonyl (C=O) groups is 1. The van der Waals surface area contributed by atoms with E-state index in [0.717, 1.165) is 41.9 Å². The van der Waals surface area contributed by atoms with Gasteiger partial charge in [0, 0.05) is 38.3 Å². The van der Waals surface area contributed by atoms with Crippen molar-refractivity contribution in [3.8, 4) is 5.75 Å². The fourth-order valence-corrected chi connectivity index (χ4v) is 6.18. The number of piperidine rings is 3. The lowest BCUT2D eigenvalue weighted by Crippen LogP contribution is -2.61. The molecule has 0 spiro atoms. The Hall–Kier alpha value is -1.30. The van der Waals surface area contributed by atoms with Crippen LogP contribution in [0.1, 0.15) is 44.1 Å². The number of phenolic OH excluding ortho intramolecular Hbond substituents is 1. The van der Waals surface area contributed by atoms with Crippen molar-refractivity contribution in [2.45, 2.75) is 57.2 Å². The Balaban J connectivity index is 0.000000604. The van der Waals surface area contributed by atoms with Gasteiger partial charge in [-0.3, -0.25) is 14.6 Å². The second-order valence-electron chi connectivity index (χ2n) is 9.01. The van der Waals surface area contributed by atoms with Crippen molar-refractivity contribution in [3.63, 3.8) is 0 Å². The van der Waals surface area contributed by atoms with Gasteiger partial charge < -0.3 is 10.2 Å². The van der Waals surface area contributed by atoms with Crippen LogP contribution in [0.2, 0.25) is 5.02 Å². The molecule has 0 radical (unpaired) electrons. The molecule has 4 atom stereocenters. The van der Waals surface area contributed by atoms with Crippen molar-refractivity contribution in [2.24, 2.45) is 17.8 Å². The Morgan fingerprint density at radius 1 is 1.07 bits per heavy atom. The molecule has 1 saturated carbocycles. The van der Waals surface area contributed by atoms with Gasteiger partial charge in [0.2, 0.25) is 0 Å². The fourth-order valence-electron chi connectivity index (χ4n) is 5.99.